The zero-order valence-corrected chi connectivity index (χ0v) is 16.2. The maximum Gasteiger partial charge on any atom is 0.119 e. The molecule has 2 aromatic rings. The minimum atomic E-state index is -0.502. The van der Waals surface area contributed by atoms with E-state index in [-0.39, 0.29) is 0 Å². The van der Waals surface area contributed by atoms with Gasteiger partial charge >= 0.3 is 0 Å². The standard InChI is InChI=1S/C21H27ClN2O2/c1-16-3-4-17(2)21(13-16)24-11-9-23(10-12-24)14-19(25)15-26-20-7-5-18(22)6-8-20/h3-8,13,19,25H,9-12,14-15H2,1-2H3. The van der Waals surface area contributed by atoms with Crippen molar-refractivity contribution in [3.05, 3.63) is 58.6 Å². The summed E-state index contributed by atoms with van der Waals surface area (Å²) in [5, 5.41) is 11.0. The number of hydrogen-bond donors (Lipinski definition) is 1. The first-order valence-corrected chi connectivity index (χ1v) is 9.50. The third-order valence-electron chi connectivity index (χ3n) is 4.80. The van der Waals surface area contributed by atoms with Gasteiger partial charge in [0, 0.05) is 43.4 Å². The summed E-state index contributed by atoms with van der Waals surface area (Å²) in [6.07, 6.45) is -0.502. The molecule has 0 amide bonds. The number of halogens is 1. The second-order valence-electron chi connectivity index (χ2n) is 7.00. The van der Waals surface area contributed by atoms with Crippen LogP contribution in [0, 0.1) is 13.8 Å². The van der Waals surface area contributed by atoms with Gasteiger partial charge in [-0.25, -0.2) is 0 Å². The van der Waals surface area contributed by atoms with Crippen molar-refractivity contribution in [1.82, 2.24) is 4.90 Å². The van der Waals surface area contributed by atoms with Gasteiger partial charge in [-0.1, -0.05) is 23.7 Å². The summed E-state index contributed by atoms with van der Waals surface area (Å²) in [4.78, 5) is 4.74. The zero-order chi connectivity index (χ0) is 18.5. The molecular formula is C21H27ClN2O2. The molecule has 1 unspecified atom stereocenters. The third kappa shape index (κ3) is 5.13. The summed E-state index contributed by atoms with van der Waals surface area (Å²) >= 11 is 5.86. The van der Waals surface area contributed by atoms with E-state index in [1.807, 2.05) is 12.1 Å². The van der Waals surface area contributed by atoms with Gasteiger partial charge < -0.3 is 14.7 Å². The molecule has 1 saturated heterocycles. The Morgan fingerprint density at radius 3 is 2.42 bits per heavy atom. The molecule has 1 heterocycles. The Hall–Kier alpha value is -1.75. The SMILES string of the molecule is Cc1ccc(C)c(N2CCN(CC(O)COc3ccc(Cl)cc3)CC2)c1. The van der Waals surface area contributed by atoms with E-state index in [1.54, 1.807) is 12.1 Å². The number of nitrogens with zero attached hydrogens (tertiary/aromatic N) is 2. The summed E-state index contributed by atoms with van der Waals surface area (Å²) in [6.45, 7) is 9.09. The summed E-state index contributed by atoms with van der Waals surface area (Å²) < 4.78 is 5.64. The van der Waals surface area contributed by atoms with Gasteiger partial charge in [-0.05, 0) is 55.3 Å². The van der Waals surface area contributed by atoms with Gasteiger partial charge in [-0.15, -0.1) is 0 Å². The third-order valence-corrected chi connectivity index (χ3v) is 5.05. The molecule has 0 spiro atoms. The maximum absolute atomic E-state index is 10.3. The first-order valence-electron chi connectivity index (χ1n) is 9.12. The lowest BCUT2D eigenvalue weighted by Crippen LogP contribution is -2.49. The van der Waals surface area contributed by atoms with Gasteiger partial charge in [0.2, 0.25) is 0 Å². The van der Waals surface area contributed by atoms with Gasteiger partial charge in [0.25, 0.3) is 0 Å². The predicted octanol–water partition coefficient (Wildman–Crippen LogP) is 3.52. The molecule has 0 aromatic heterocycles. The molecule has 140 valence electrons. The molecule has 1 aliphatic rings. The minimum absolute atomic E-state index is 0.291. The molecule has 0 radical (unpaired) electrons. The fourth-order valence-electron chi connectivity index (χ4n) is 3.31. The normalized spacial score (nSPS) is 16.5. The molecule has 1 aliphatic heterocycles. The number of aliphatic hydroxyl groups is 1. The Morgan fingerprint density at radius 1 is 1.04 bits per heavy atom. The van der Waals surface area contributed by atoms with Crippen LogP contribution in [0.2, 0.25) is 5.02 Å². The summed E-state index contributed by atoms with van der Waals surface area (Å²) in [5.41, 5.74) is 3.94. The Balaban J connectivity index is 1.44. The van der Waals surface area contributed by atoms with Crippen molar-refractivity contribution in [2.75, 3.05) is 44.2 Å². The molecule has 0 bridgehead atoms. The fraction of sp³-hybridized carbons (Fsp3) is 0.429. The van der Waals surface area contributed by atoms with Crippen LogP contribution in [0.5, 0.6) is 5.75 Å². The van der Waals surface area contributed by atoms with Crippen molar-refractivity contribution >= 4 is 17.3 Å². The molecule has 1 N–H and O–H groups in total. The van der Waals surface area contributed by atoms with Gasteiger partial charge in [0.1, 0.15) is 18.5 Å². The van der Waals surface area contributed by atoms with Crippen LogP contribution in [0.15, 0.2) is 42.5 Å². The second-order valence-corrected chi connectivity index (χ2v) is 7.43. The number of hydrogen-bond acceptors (Lipinski definition) is 4. The molecule has 1 atom stereocenters. The lowest BCUT2D eigenvalue weighted by Gasteiger charge is -2.37. The Morgan fingerprint density at radius 2 is 1.73 bits per heavy atom. The van der Waals surface area contributed by atoms with Crippen LogP contribution in [0.4, 0.5) is 5.69 Å². The molecule has 2 aromatic carbocycles. The molecule has 3 rings (SSSR count). The summed E-state index contributed by atoms with van der Waals surface area (Å²) in [6, 6.07) is 13.8. The van der Waals surface area contributed by atoms with E-state index in [4.69, 9.17) is 16.3 Å². The highest BCUT2D eigenvalue weighted by atomic mass is 35.5. The fourth-order valence-corrected chi connectivity index (χ4v) is 3.43. The highest BCUT2D eigenvalue weighted by Crippen LogP contribution is 2.23. The van der Waals surface area contributed by atoms with Crippen LogP contribution in [0.1, 0.15) is 11.1 Å². The van der Waals surface area contributed by atoms with Gasteiger partial charge in [-0.3, -0.25) is 4.90 Å². The number of aryl methyl sites for hydroxylation is 2. The lowest BCUT2D eigenvalue weighted by atomic mass is 10.1. The zero-order valence-electron chi connectivity index (χ0n) is 15.5. The Bertz CT molecular complexity index is 712. The topological polar surface area (TPSA) is 35.9 Å². The van der Waals surface area contributed by atoms with Crippen molar-refractivity contribution in [1.29, 1.82) is 0 Å². The lowest BCUT2D eigenvalue weighted by molar-refractivity contribution is 0.0663. The van der Waals surface area contributed by atoms with Crippen LogP contribution in [-0.2, 0) is 0 Å². The molecule has 1 fully saturated rings. The Kier molecular flexibility index (Phi) is 6.41. The smallest absolute Gasteiger partial charge is 0.119 e. The van der Waals surface area contributed by atoms with E-state index in [0.29, 0.717) is 18.2 Å². The van der Waals surface area contributed by atoms with Gasteiger partial charge in [0.15, 0.2) is 0 Å². The summed E-state index contributed by atoms with van der Waals surface area (Å²) in [5.74, 6) is 0.730. The highest BCUT2D eigenvalue weighted by Gasteiger charge is 2.20. The monoisotopic (exact) mass is 374 g/mol. The molecule has 4 nitrogen and oxygen atoms in total. The van der Waals surface area contributed by atoms with Gasteiger partial charge in [-0.2, -0.15) is 0 Å². The first kappa shape index (κ1) is 19.0. The van der Waals surface area contributed by atoms with Crippen molar-refractivity contribution in [2.24, 2.45) is 0 Å². The largest absolute Gasteiger partial charge is 0.491 e. The minimum Gasteiger partial charge on any atom is -0.491 e. The van der Waals surface area contributed by atoms with Crippen LogP contribution in [-0.4, -0.2) is 55.4 Å². The number of ether oxygens (including phenoxy) is 1. The van der Waals surface area contributed by atoms with Crippen LogP contribution in [0.25, 0.3) is 0 Å². The number of benzene rings is 2. The van der Waals surface area contributed by atoms with Gasteiger partial charge in [0.05, 0.1) is 0 Å². The Labute approximate surface area is 160 Å². The molecule has 26 heavy (non-hydrogen) atoms. The molecule has 5 heteroatoms. The van der Waals surface area contributed by atoms with E-state index in [1.165, 1.54) is 16.8 Å². The highest BCUT2D eigenvalue weighted by molar-refractivity contribution is 6.30. The number of β-amino-alcohol motifs (C(OH)–C–C–N with tert-alkyl or cyclic N) is 1. The van der Waals surface area contributed by atoms with Crippen molar-refractivity contribution < 1.29 is 9.84 Å². The van der Waals surface area contributed by atoms with E-state index in [2.05, 4.69) is 41.8 Å². The van der Waals surface area contributed by atoms with Crippen LogP contribution >= 0.6 is 11.6 Å². The molecular weight excluding hydrogens is 348 g/mol. The quantitative estimate of drug-likeness (QED) is 0.839. The van der Waals surface area contributed by atoms with Crippen LogP contribution < -0.4 is 9.64 Å². The average Bonchev–Trinajstić information content (AvgIpc) is 2.64. The van der Waals surface area contributed by atoms with Crippen molar-refractivity contribution in [3.63, 3.8) is 0 Å². The number of aliphatic hydroxyl groups excluding tert-OH is 1. The molecule has 0 saturated carbocycles. The number of piperazine rings is 1. The second kappa shape index (κ2) is 8.76. The molecule has 0 aliphatic carbocycles. The van der Waals surface area contributed by atoms with Crippen molar-refractivity contribution in [2.45, 2.75) is 20.0 Å². The van der Waals surface area contributed by atoms with Crippen molar-refractivity contribution in [3.8, 4) is 5.75 Å². The van der Waals surface area contributed by atoms with E-state index in [9.17, 15) is 5.11 Å². The average molecular weight is 375 g/mol. The van der Waals surface area contributed by atoms with Crippen LogP contribution in [0.3, 0.4) is 0 Å². The van der Waals surface area contributed by atoms with E-state index >= 15 is 0 Å². The summed E-state index contributed by atoms with van der Waals surface area (Å²) in [7, 11) is 0. The maximum atomic E-state index is 10.3. The predicted molar refractivity (Wildman–Crippen MR) is 108 cm³/mol. The van der Waals surface area contributed by atoms with E-state index in [0.717, 1.165) is 31.9 Å². The number of rotatable bonds is 6. The first-order chi connectivity index (χ1) is 12.5. The number of anilines is 1. The van der Waals surface area contributed by atoms with E-state index < -0.39 is 6.10 Å².